The first-order valence-corrected chi connectivity index (χ1v) is 4.46. The van der Waals surface area contributed by atoms with Gasteiger partial charge in [-0.3, -0.25) is 0 Å². The van der Waals surface area contributed by atoms with Crippen molar-refractivity contribution < 1.29 is 0 Å². The molecule has 2 heterocycles. The van der Waals surface area contributed by atoms with E-state index >= 15 is 0 Å². The van der Waals surface area contributed by atoms with E-state index in [1.807, 2.05) is 12.4 Å². The molecule has 0 N–H and O–H groups in total. The predicted molar refractivity (Wildman–Crippen MR) is 52.6 cm³/mol. The maximum atomic E-state index is 4.42. The fourth-order valence-corrected chi connectivity index (χ4v) is 1.25. The van der Waals surface area contributed by atoms with Gasteiger partial charge in [-0.25, -0.2) is 15.0 Å². The number of nitrogens with zero attached hydrogens (tertiary/aromatic N) is 3. The predicted octanol–water partition coefficient (Wildman–Crippen LogP) is 2.03. The van der Waals surface area contributed by atoms with Crippen molar-refractivity contribution in [1.29, 1.82) is 0 Å². The summed E-state index contributed by atoms with van der Waals surface area (Å²) in [5, 5.41) is 0. The molecule has 3 nitrogen and oxygen atoms in total. The molecule has 0 unspecified atom stereocenters. The highest BCUT2D eigenvalue weighted by Crippen LogP contribution is 2.25. The maximum Gasteiger partial charge on any atom is 0.158 e. The van der Waals surface area contributed by atoms with Crippen LogP contribution in [0, 0.1) is 0 Å². The first kappa shape index (κ1) is 8.35. The summed E-state index contributed by atoms with van der Waals surface area (Å²) in [5.74, 6) is 1.71. The van der Waals surface area contributed by atoms with E-state index < -0.39 is 0 Å². The van der Waals surface area contributed by atoms with Crippen LogP contribution < -0.4 is 0 Å². The second-order valence-corrected chi connectivity index (χ2v) is 4.31. The molecule has 0 amide bonds. The van der Waals surface area contributed by atoms with Crippen molar-refractivity contribution in [3.63, 3.8) is 0 Å². The van der Waals surface area contributed by atoms with Crippen molar-refractivity contribution in [3.8, 4) is 0 Å². The van der Waals surface area contributed by atoms with Crippen LogP contribution in [0.4, 0.5) is 5.82 Å². The fourth-order valence-electron chi connectivity index (χ4n) is 1.25. The summed E-state index contributed by atoms with van der Waals surface area (Å²) >= 11 is 0. The van der Waals surface area contributed by atoms with Gasteiger partial charge in [-0.2, -0.15) is 0 Å². The van der Waals surface area contributed by atoms with E-state index in [0.717, 1.165) is 23.6 Å². The number of hydrogen-bond donors (Lipinski definition) is 0. The highest BCUT2D eigenvalue weighted by atomic mass is 15.0. The number of hydrogen-bond acceptors (Lipinski definition) is 3. The molecule has 68 valence electrons. The van der Waals surface area contributed by atoms with Crippen molar-refractivity contribution in [2.24, 2.45) is 4.99 Å². The molecule has 0 radical (unpaired) electrons. The van der Waals surface area contributed by atoms with Crippen LogP contribution >= 0.6 is 0 Å². The van der Waals surface area contributed by atoms with Gasteiger partial charge in [0.2, 0.25) is 0 Å². The molecule has 1 aliphatic heterocycles. The normalized spacial score (nSPS) is 14.7. The highest BCUT2D eigenvalue weighted by Gasteiger charge is 2.19. The molecular formula is C10H13N3. The smallest absolute Gasteiger partial charge is 0.158 e. The SMILES string of the molecule is CC(C)(C)c1ncc2c(n1)N=CC2. The summed E-state index contributed by atoms with van der Waals surface area (Å²) < 4.78 is 0. The molecule has 0 saturated carbocycles. The molecule has 2 rings (SSSR count). The Morgan fingerprint density at radius 3 is 2.77 bits per heavy atom. The number of aromatic nitrogens is 2. The number of rotatable bonds is 0. The first-order chi connectivity index (χ1) is 6.07. The van der Waals surface area contributed by atoms with E-state index in [1.54, 1.807) is 0 Å². The monoisotopic (exact) mass is 175 g/mol. The van der Waals surface area contributed by atoms with Crippen LogP contribution in [-0.4, -0.2) is 16.2 Å². The third-order valence-corrected chi connectivity index (χ3v) is 2.04. The van der Waals surface area contributed by atoms with Crippen molar-refractivity contribution in [2.45, 2.75) is 32.6 Å². The molecule has 0 fully saturated rings. The zero-order valence-electron chi connectivity index (χ0n) is 8.20. The lowest BCUT2D eigenvalue weighted by atomic mass is 9.95. The van der Waals surface area contributed by atoms with Gasteiger partial charge in [0.1, 0.15) is 5.82 Å². The van der Waals surface area contributed by atoms with Gasteiger partial charge in [0.15, 0.2) is 5.82 Å². The molecule has 13 heavy (non-hydrogen) atoms. The van der Waals surface area contributed by atoms with Gasteiger partial charge in [0.05, 0.1) is 0 Å². The lowest BCUT2D eigenvalue weighted by Gasteiger charge is -2.16. The third-order valence-electron chi connectivity index (χ3n) is 2.04. The van der Waals surface area contributed by atoms with Crippen LogP contribution in [0.15, 0.2) is 11.2 Å². The Morgan fingerprint density at radius 1 is 1.31 bits per heavy atom. The molecule has 0 aromatic carbocycles. The Hall–Kier alpha value is -1.25. The number of aliphatic imine (C=N–C) groups is 1. The second kappa shape index (κ2) is 2.62. The Kier molecular flexibility index (Phi) is 1.68. The summed E-state index contributed by atoms with van der Waals surface area (Å²) in [6, 6.07) is 0. The molecular weight excluding hydrogens is 162 g/mol. The zero-order valence-corrected chi connectivity index (χ0v) is 8.20. The second-order valence-electron chi connectivity index (χ2n) is 4.31. The summed E-state index contributed by atoms with van der Waals surface area (Å²) in [5.41, 5.74) is 1.14. The largest absolute Gasteiger partial charge is 0.241 e. The summed E-state index contributed by atoms with van der Waals surface area (Å²) in [6.07, 6.45) is 4.64. The summed E-state index contributed by atoms with van der Waals surface area (Å²) in [7, 11) is 0. The van der Waals surface area contributed by atoms with Gasteiger partial charge in [-0.1, -0.05) is 20.8 Å². The topological polar surface area (TPSA) is 38.1 Å². The van der Waals surface area contributed by atoms with E-state index in [-0.39, 0.29) is 5.41 Å². The lowest BCUT2D eigenvalue weighted by Crippen LogP contribution is -2.15. The highest BCUT2D eigenvalue weighted by molar-refractivity contribution is 5.73. The van der Waals surface area contributed by atoms with Crippen LogP contribution in [0.25, 0.3) is 0 Å². The summed E-state index contributed by atoms with van der Waals surface area (Å²) in [6.45, 7) is 6.31. The Morgan fingerprint density at radius 2 is 2.08 bits per heavy atom. The quantitative estimate of drug-likeness (QED) is 0.605. The van der Waals surface area contributed by atoms with Crippen LogP contribution in [0.1, 0.15) is 32.2 Å². The Bertz CT molecular complexity index is 361. The fraction of sp³-hybridized carbons (Fsp3) is 0.500. The van der Waals surface area contributed by atoms with Gasteiger partial charge in [-0.05, 0) is 0 Å². The van der Waals surface area contributed by atoms with Crippen molar-refractivity contribution in [3.05, 3.63) is 17.6 Å². The minimum absolute atomic E-state index is 0.00708. The molecule has 0 saturated heterocycles. The minimum Gasteiger partial charge on any atom is -0.241 e. The van der Waals surface area contributed by atoms with E-state index in [0.29, 0.717) is 0 Å². The molecule has 0 aliphatic carbocycles. The van der Waals surface area contributed by atoms with Crippen molar-refractivity contribution in [2.75, 3.05) is 0 Å². The third kappa shape index (κ3) is 1.46. The Balaban J connectivity index is 2.47. The van der Waals surface area contributed by atoms with E-state index in [1.165, 1.54) is 0 Å². The molecule has 1 aromatic rings. The minimum atomic E-state index is 0.00708. The van der Waals surface area contributed by atoms with Gasteiger partial charge < -0.3 is 0 Å². The van der Waals surface area contributed by atoms with Crippen molar-refractivity contribution in [1.82, 2.24) is 9.97 Å². The molecule has 0 spiro atoms. The van der Waals surface area contributed by atoms with Gasteiger partial charge in [0.25, 0.3) is 0 Å². The average molecular weight is 175 g/mol. The molecule has 3 heteroatoms. The van der Waals surface area contributed by atoms with E-state index in [9.17, 15) is 0 Å². The average Bonchev–Trinajstić information content (AvgIpc) is 2.47. The van der Waals surface area contributed by atoms with E-state index in [4.69, 9.17) is 0 Å². The van der Waals surface area contributed by atoms with Crippen LogP contribution in [0.2, 0.25) is 0 Å². The van der Waals surface area contributed by atoms with Crippen LogP contribution in [-0.2, 0) is 11.8 Å². The molecule has 0 bridgehead atoms. The maximum absolute atomic E-state index is 4.42. The van der Waals surface area contributed by atoms with Crippen LogP contribution in [0.5, 0.6) is 0 Å². The summed E-state index contributed by atoms with van der Waals surface area (Å²) in [4.78, 5) is 12.9. The molecule has 1 aromatic heterocycles. The number of fused-ring (bicyclic) bond motifs is 1. The molecule has 0 atom stereocenters. The lowest BCUT2D eigenvalue weighted by molar-refractivity contribution is 0.545. The zero-order chi connectivity index (χ0) is 9.47. The van der Waals surface area contributed by atoms with Gasteiger partial charge in [-0.15, -0.1) is 0 Å². The van der Waals surface area contributed by atoms with E-state index in [2.05, 4.69) is 35.7 Å². The Labute approximate surface area is 77.9 Å². The van der Waals surface area contributed by atoms with Crippen LogP contribution in [0.3, 0.4) is 0 Å². The van der Waals surface area contributed by atoms with Crippen molar-refractivity contribution >= 4 is 12.0 Å². The standard InChI is InChI=1S/C10H13N3/c1-10(2,3)9-12-6-7-4-5-11-8(7)13-9/h5-6H,4H2,1-3H3. The first-order valence-electron chi connectivity index (χ1n) is 4.46. The molecule has 1 aliphatic rings. The van der Waals surface area contributed by atoms with Gasteiger partial charge in [0, 0.05) is 29.8 Å². The van der Waals surface area contributed by atoms with Gasteiger partial charge >= 0.3 is 0 Å².